The van der Waals surface area contributed by atoms with Crippen molar-refractivity contribution < 1.29 is 9.53 Å². The second kappa shape index (κ2) is 6.30. The van der Waals surface area contributed by atoms with Gasteiger partial charge in [-0.15, -0.1) is 11.6 Å². The van der Waals surface area contributed by atoms with Gasteiger partial charge in [0.05, 0.1) is 19.0 Å². The molecule has 17 heavy (non-hydrogen) atoms. The van der Waals surface area contributed by atoms with Crippen LogP contribution in [0.5, 0.6) is 0 Å². The molecular weight excluding hydrogens is 238 g/mol. The van der Waals surface area contributed by atoms with Crippen LogP contribution < -0.4 is 0 Å². The fraction of sp³-hybridized carbons (Fsp3) is 0.308. The van der Waals surface area contributed by atoms with Gasteiger partial charge in [-0.2, -0.15) is 0 Å². The highest BCUT2D eigenvalue weighted by Crippen LogP contribution is 2.24. The first kappa shape index (κ1) is 13.6. The van der Waals surface area contributed by atoms with Crippen LogP contribution in [-0.4, -0.2) is 24.0 Å². The smallest absolute Gasteiger partial charge is 0.414 e. The summed E-state index contributed by atoms with van der Waals surface area (Å²) in [5.74, 6) is 0.187. The van der Waals surface area contributed by atoms with Crippen LogP contribution in [0.3, 0.4) is 0 Å². The van der Waals surface area contributed by atoms with Gasteiger partial charge >= 0.3 is 6.09 Å². The first-order chi connectivity index (χ1) is 8.11. The van der Waals surface area contributed by atoms with E-state index in [9.17, 15) is 4.79 Å². The van der Waals surface area contributed by atoms with Crippen molar-refractivity contribution in [1.29, 1.82) is 0 Å². The number of rotatable bonds is 4. The van der Waals surface area contributed by atoms with Crippen molar-refractivity contribution in [2.24, 2.45) is 0 Å². The molecule has 0 N–H and O–H groups in total. The maximum absolute atomic E-state index is 11.7. The number of hydrogen-bond acceptors (Lipinski definition) is 2. The third-order valence-corrected chi connectivity index (χ3v) is 2.84. The number of amides is 1. The lowest BCUT2D eigenvalue weighted by Crippen LogP contribution is -2.33. The molecule has 0 saturated heterocycles. The molecule has 1 aromatic carbocycles. The first-order valence-electron chi connectivity index (χ1n) is 5.27. The minimum atomic E-state index is -0.452. The maximum Gasteiger partial charge on any atom is 0.414 e. The Morgan fingerprint density at radius 2 is 2.06 bits per heavy atom. The molecule has 0 aliphatic rings. The average Bonchev–Trinajstić information content (AvgIpc) is 2.39. The molecule has 0 saturated carbocycles. The van der Waals surface area contributed by atoms with E-state index in [1.54, 1.807) is 0 Å². The number of alkyl halides is 1. The Balaban J connectivity index is 2.99. The molecular formula is C13H16ClNO2. The number of methoxy groups -OCH3 is 1. The van der Waals surface area contributed by atoms with Gasteiger partial charge in [0.2, 0.25) is 0 Å². The minimum absolute atomic E-state index is 0.158. The second-order valence-corrected chi connectivity index (χ2v) is 3.89. The Labute approximate surface area is 107 Å². The van der Waals surface area contributed by atoms with Gasteiger partial charge in [0.15, 0.2) is 0 Å². The number of nitrogens with zero attached hydrogens (tertiary/aromatic N) is 1. The first-order valence-corrected chi connectivity index (χ1v) is 5.81. The zero-order valence-corrected chi connectivity index (χ0v) is 10.8. The zero-order valence-electron chi connectivity index (χ0n) is 10.0. The van der Waals surface area contributed by atoms with Crippen LogP contribution in [0.1, 0.15) is 18.5 Å². The molecule has 3 nitrogen and oxygen atoms in total. The van der Waals surface area contributed by atoms with E-state index < -0.39 is 6.09 Å². The van der Waals surface area contributed by atoms with Gasteiger partial charge < -0.3 is 4.74 Å². The molecule has 1 aromatic rings. The minimum Gasteiger partial charge on any atom is -0.452 e. The number of allylic oxidation sites excluding steroid dienone is 1. The Hall–Kier alpha value is -1.48. The monoisotopic (exact) mass is 253 g/mol. The lowest BCUT2D eigenvalue weighted by Gasteiger charge is -2.28. The fourth-order valence-corrected chi connectivity index (χ4v) is 1.73. The summed E-state index contributed by atoms with van der Waals surface area (Å²) in [4.78, 5) is 13.2. The predicted octanol–water partition coefficient (Wildman–Crippen LogP) is 3.57. The number of benzene rings is 1. The van der Waals surface area contributed by atoms with Gasteiger partial charge in [-0.1, -0.05) is 36.9 Å². The summed E-state index contributed by atoms with van der Waals surface area (Å²) in [6.07, 6.45) is -0.452. The Morgan fingerprint density at radius 3 is 2.53 bits per heavy atom. The lowest BCUT2D eigenvalue weighted by atomic mass is 10.1. The van der Waals surface area contributed by atoms with Crippen LogP contribution in [0.25, 0.3) is 0 Å². The average molecular weight is 254 g/mol. The van der Waals surface area contributed by atoms with E-state index in [0.717, 1.165) is 5.56 Å². The largest absolute Gasteiger partial charge is 0.452 e. The Bertz CT molecular complexity index is 376. The van der Waals surface area contributed by atoms with Gasteiger partial charge in [-0.3, -0.25) is 4.90 Å². The molecule has 1 amide bonds. The SMILES string of the molecule is C=C(CCl)N(C(=O)OC)[C@@H](C)c1ccccc1. The molecule has 0 fully saturated rings. The van der Waals surface area contributed by atoms with E-state index in [-0.39, 0.29) is 11.9 Å². The highest BCUT2D eigenvalue weighted by molar-refractivity contribution is 6.19. The number of halogens is 1. The van der Waals surface area contributed by atoms with Gasteiger partial charge in [0.1, 0.15) is 0 Å². The Kier molecular flexibility index (Phi) is 5.04. The third kappa shape index (κ3) is 3.24. The molecule has 1 atom stereocenters. The molecule has 92 valence electrons. The van der Waals surface area contributed by atoms with Crippen LogP contribution in [0.15, 0.2) is 42.6 Å². The van der Waals surface area contributed by atoms with Crippen LogP contribution >= 0.6 is 11.6 Å². The molecule has 0 spiro atoms. The standard InChI is InChI=1S/C13H16ClNO2/c1-10(9-14)15(13(16)17-3)11(2)12-7-5-4-6-8-12/h4-8,11H,1,9H2,2-3H3/t11-/m0/s1. The van der Waals surface area contributed by atoms with Gasteiger partial charge in [0.25, 0.3) is 0 Å². The zero-order chi connectivity index (χ0) is 12.8. The van der Waals surface area contributed by atoms with Crippen LogP contribution in [0.2, 0.25) is 0 Å². The molecule has 0 bridgehead atoms. The quantitative estimate of drug-likeness (QED) is 0.768. The molecule has 0 aliphatic carbocycles. The highest BCUT2D eigenvalue weighted by atomic mass is 35.5. The summed E-state index contributed by atoms with van der Waals surface area (Å²) in [6, 6.07) is 9.50. The van der Waals surface area contributed by atoms with Gasteiger partial charge in [-0.05, 0) is 12.5 Å². The summed E-state index contributed by atoms with van der Waals surface area (Å²) in [7, 11) is 1.34. The number of carbonyl (C=O) groups excluding carboxylic acids is 1. The molecule has 1 rings (SSSR count). The van der Waals surface area contributed by atoms with Crippen molar-refractivity contribution in [3.05, 3.63) is 48.2 Å². The number of ether oxygens (including phenoxy) is 1. The van der Waals surface area contributed by atoms with Gasteiger partial charge in [-0.25, -0.2) is 4.79 Å². The Morgan fingerprint density at radius 1 is 1.47 bits per heavy atom. The summed E-state index contributed by atoms with van der Waals surface area (Å²) in [5, 5.41) is 0. The van der Waals surface area contributed by atoms with Crippen molar-refractivity contribution in [3.8, 4) is 0 Å². The second-order valence-electron chi connectivity index (χ2n) is 3.63. The van der Waals surface area contributed by atoms with E-state index in [4.69, 9.17) is 16.3 Å². The molecule has 4 heteroatoms. The van der Waals surface area contributed by atoms with E-state index >= 15 is 0 Å². The summed E-state index contributed by atoms with van der Waals surface area (Å²) in [6.45, 7) is 5.69. The van der Waals surface area contributed by atoms with Crippen LogP contribution in [0, 0.1) is 0 Å². The normalized spacial score (nSPS) is 11.7. The maximum atomic E-state index is 11.7. The predicted molar refractivity (Wildman–Crippen MR) is 69.0 cm³/mol. The number of hydrogen-bond donors (Lipinski definition) is 0. The highest BCUT2D eigenvalue weighted by Gasteiger charge is 2.24. The van der Waals surface area contributed by atoms with Gasteiger partial charge in [0, 0.05) is 5.70 Å². The van der Waals surface area contributed by atoms with E-state index in [0.29, 0.717) is 5.70 Å². The van der Waals surface area contributed by atoms with E-state index in [2.05, 4.69) is 6.58 Å². The van der Waals surface area contributed by atoms with Crippen molar-refractivity contribution in [1.82, 2.24) is 4.90 Å². The third-order valence-electron chi connectivity index (χ3n) is 2.54. The molecule has 0 aromatic heterocycles. The molecule has 0 aliphatic heterocycles. The summed E-state index contributed by atoms with van der Waals surface area (Å²) < 4.78 is 4.75. The van der Waals surface area contributed by atoms with E-state index in [1.165, 1.54) is 12.0 Å². The summed E-state index contributed by atoms with van der Waals surface area (Å²) >= 11 is 5.73. The fourth-order valence-electron chi connectivity index (χ4n) is 1.60. The molecule has 0 unspecified atom stereocenters. The summed E-state index contributed by atoms with van der Waals surface area (Å²) in [5.41, 5.74) is 1.53. The van der Waals surface area contributed by atoms with Crippen molar-refractivity contribution in [3.63, 3.8) is 0 Å². The molecule has 0 radical (unpaired) electrons. The molecule has 0 heterocycles. The van der Waals surface area contributed by atoms with E-state index in [1.807, 2.05) is 37.3 Å². The van der Waals surface area contributed by atoms with Crippen molar-refractivity contribution in [2.75, 3.05) is 13.0 Å². The number of carbonyl (C=O) groups is 1. The van der Waals surface area contributed by atoms with Crippen LogP contribution in [-0.2, 0) is 4.74 Å². The lowest BCUT2D eigenvalue weighted by molar-refractivity contribution is 0.124. The van der Waals surface area contributed by atoms with Crippen molar-refractivity contribution in [2.45, 2.75) is 13.0 Å². The topological polar surface area (TPSA) is 29.5 Å². The van der Waals surface area contributed by atoms with Crippen LogP contribution in [0.4, 0.5) is 4.79 Å². The van der Waals surface area contributed by atoms with Crippen molar-refractivity contribution >= 4 is 17.7 Å².